The van der Waals surface area contributed by atoms with Crippen LogP contribution < -0.4 is 5.73 Å². The van der Waals surface area contributed by atoms with Crippen LogP contribution in [-0.4, -0.2) is 5.11 Å². The van der Waals surface area contributed by atoms with Gasteiger partial charge in [0, 0.05) is 5.56 Å². The van der Waals surface area contributed by atoms with E-state index in [4.69, 9.17) is 10.8 Å². The number of halogens is 2. The Hall–Kier alpha value is -1.00. The van der Waals surface area contributed by atoms with Gasteiger partial charge in [0.25, 0.3) is 0 Å². The standard InChI is InChI=1S/C8H9F2NO/c1-8(11,12)5-3-2-4-6(9)7(5)10/h2-4,12H,11H2,1H3. The highest BCUT2D eigenvalue weighted by molar-refractivity contribution is 5.23. The third kappa shape index (κ3) is 1.60. The van der Waals surface area contributed by atoms with Gasteiger partial charge in [0.15, 0.2) is 11.6 Å². The van der Waals surface area contributed by atoms with Crippen LogP contribution in [-0.2, 0) is 5.72 Å². The lowest BCUT2D eigenvalue weighted by Crippen LogP contribution is -2.33. The molecule has 0 aliphatic carbocycles. The Morgan fingerprint density at radius 3 is 2.42 bits per heavy atom. The molecule has 4 heteroatoms. The molecular weight excluding hydrogens is 164 g/mol. The van der Waals surface area contributed by atoms with Gasteiger partial charge < -0.3 is 5.11 Å². The number of benzene rings is 1. The minimum Gasteiger partial charge on any atom is -0.372 e. The van der Waals surface area contributed by atoms with Crippen molar-refractivity contribution in [2.75, 3.05) is 0 Å². The fraction of sp³-hybridized carbons (Fsp3) is 0.250. The number of hydrogen-bond acceptors (Lipinski definition) is 2. The smallest absolute Gasteiger partial charge is 0.166 e. The van der Waals surface area contributed by atoms with E-state index in [1.807, 2.05) is 0 Å². The Bertz CT molecular complexity index is 294. The zero-order chi connectivity index (χ0) is 9.35. The summed E-state index contributed by atoms with van der Waals surface area (Å²) in [7, 11) is 0. The van der Waals surface area contributed by atoms with Crippen LogP contribution in [0.4, 0.5) is 8.78 Å². The monoisotopic (exact) mass is 173 g/mol. The van der Waals surface area contributed by atoms with Crippen LogP contribution in [0.25, 0.3) is 0 Å². The highest BCUT2D eigenvalue weighted by Crippen LogP contribution is 2.19. The molecule has 0 saturated heterocycles. The van der Waals surface area contributed by atoms with Gasteiger partial charge in [-0.1, -0.05) is 12.1 Å². The zero-order valence-corrected chi connectivity index (χ0v) is 6.51. The third-order valence-electron chi connectivity index (χ3n) is 1.50. The first-order valence-electron chi connectivity index (χ1n) is 3.38. The summed E-state index contributed by atoms with van der Waals surface area (Å²) in [5.74, 6) is -2.12. The van der Waals surface area contributed by atoms with Gasteiger partial charge in [-0.05, 0) is 13.0 Å². The Morgan fingerprint density at radius 2 is 2.00 bits per heavy atom. The van der Waals surface area contributed by atoms with E-state index in [0.717, 1.165) is 6.07 Å². The lowest BCUT2D eigenvalue weighted by molar-refractivity contribution is 0.0600. The molecule has 0 radical (unpaired) electrons. The summed E-state index contributed by atoms with van der Waals surface area (Å²) in [6.07, 6.45) is 0. The fourth-order valence-electron chi connectivity index (χ4n) is 0.895. The molecule has 0 saturated carbocycles. The van der Waals surface area contributed by atoms with Crippen LogP contribution in [0.2, 0.25) is 0 Å². The van der Waals surface area contributed by atoms with Crippen molar-refractivity contribution in [1.29, 1.82) is 0 Å². The minimum absolute atomic E-state index is 0.248. The van der Waals surface area contributed by atoms with Crippen molar-refractivity contribution in [3.63, 3.8) is 0 Å². The Morgan fingerprint density at radius 1 is 1.42 bits per heavy atom. The second-order valence-electron chi connectivity index (χ2n) is 2.75. The van der Waals surface area contributed by atoms with Crippen molar-refractivity contribution in [2.24, 2.45) is 5.73 Å². The summed E-state index contributed by atoms with van der Waals surface area (Å²) in [4.78, 5) is 0. The number of aliphatic hydroxyl groups is 1. The maximum absolute atomic E-state index is 12.9. The third-order valence-corrected chi connectivity index (χ3v) is 1.50. The maximum atomic E-state index is 12.9. The van der Waals surface area contributed by atoms with Gasteiger partial charge in [-0.15, -0.1) is 0 Å². The number of nitrogens with two attached hydrogens (primary N) is 1. The molecule has 0 fully saturated rings. The first-order valence-corrected chi connectivity index (χ1v) is 3.38. The van der Waals surface area contributed by atoms with Crippen LogP contribution in [0, 0.1) is 11.6 Å². The summed E-state index contributed by atoms with van der Waals surface area (Å²) < 4.78 is 25.5. The van der Waals surface area contributed by atoms with Crippen LogP contribution in [0.15, 0.2) is 18.2 Å². The summed E-state index contributed by atoms with van der Waals surface area (Å²) in [5, 5.41) is 9.17. The first-order chi connectivity index (χ1) is 5.43. The Labute approximate surface area is 68.6 Å². The van der Waals surface area contributed by atoms with Gasteiger partial charge in [0.2, 0.25) is 0 Å². The molecule has 0 spiro atoms. The second kappa shape index (κ2) is 2.80. The van der Waals surface area contributed by atoms with Crippen molar-refractivity contribution in [2.45, 2.75) is 12.6 Å². The molecule has 1 aromatic carbocycles. The Balaban J connectivity index is 3.26. The number of rotatable bonds is 1. The van der Waals surface area contributed by atoms with Gasteiger partial charge in [0.05, 0.1) is 0 Å². The van der Waals surface area contributed by atoms with Crippen LogP contribution >= 0.6 is 0 Å². The predicted octanol–water partition coefficient (Wildman–Crippen LogP) is 1.09. The van der Waals surface area contributed by atoms with E-state index >= 15 is 0 Å². The van der Waals surface area contributed by atoms with Crippen molar-refractivity contribution in [1.82, 2.24) is 0 Å². The molecule has 0 aliphatic rings. The normalized spacial score (nSPS) is 15.8. The van der Waals surface area contributed by atoms with E-state index in [0.29, 0.717) is 0 Å². The maximum Gasteiger partial charge on any atom is 0.166 e. The summed E-state index contributed by atoms with van der Waals surface area (Å²) >= 11 is 0. The highest BCUT2D eigenvalue weighted by atomic mass is 19.2. The van der Waals surface area contributed by atoms with E-state index in [2.05, 4.69) is 0 Å². The molecule has 1 aromatic rings. The molecular formula is C8H9F2NO. The lowest BCUT2D eigenvalue weighted by Gasteiger charge is -2.18. The average molecular weight is 173 g/mol. The van der Waals surface area contributed by atoms with E-state index in [1.165, 1.54) is 19.1 Å². The molecule has 0 amide bonds. The van der Waals surface area contributed by atoms with E-state index in [9.17, 15) is 8.78 Å². The summed E-state index contributed by atoms with van der Waals surface area (Å²) in [5.41, 5.74) is 3.09. The molecule has 1 atom stereocenters. The van der Waals surface area contributed by atoms with Crippen LogP contribution in [0.3, 0.4) is 0 Å². The zero-order valence-electron chi connectivity index (χ0n) is 6.51. The highest BCUT2D eigenvalue weighted by Gasteiger charge is 2.22. The topological polar surface area (TPSA) is 46.2 Å². The van der Waals surface area contributed by atoms with Crippen LogP contribution in [0.5, 0.6) is 0 Å². The van der Waals surface area contributed by atoms with Crippen molar-refractivity contribution < 1.29 is 13.9 Å². The molecule has 0 bridgehead atoms. The van der Waals surface area contributed by atoms with Gasteiger partial charge in [-0.2, -0.15) is 0 Å². The molecule has 1 rings (SSSR count). The molecule has 0 aliphatic heterocycles. The minimum atomic E-state index is -1.84. The molecule has 1 unspecified atom stereocenters. The molecule has 66 valence electrons. The lowest BCUT2D eigenvalue weighted by atomic mass is 10.1. The summed E-state index contributed by atoms with van der Waals surface area (Å²) in [6.45, 7) is 1.19. The van der Waals surface area contributed by atoms with Crippen LogP contribution in [0.1, 0.15) is 12.5 Å². The van der Waals surface area contributed by atoms with Crippen molar-refractivity contribution in [3.05, 3.63) is 35.4 Å². The average Bonchev–Trinajstić information content (AvgIpc) is 1.92. The fourth-order valence-corrected chi connectivity index (χ4v) is 0.895. The van der Waals surface area contributed by atoms with Gasteiger partial charge in [-0.3, -0.25) is 5.73 Å². The molecule has 0 heterocycles. The first kappa shape index (κ1) is 9.09. The molecule has 3 N–H and O–H groups in total. The molecule has 2 nitrogen and oxygen atoms in total. The van der Waals surface area contributed by atoms with Gasteiger partial charge in [-0.25, -0.2) is 8.78 Å². The molecule has 12 heavy (non-hydrogen) atoms. The quantitative estimate of drug-likeness (QED) is 0.624. The predicted molar refractivity (Wildman–Crippen MR) is 40.1 cm³/mol. The SMILES string of the molecule is CC(N)(O)c1cccc(F)c1F. The second-order valence-corrected chi connectivity index (χ2v) is 2.75. The van der Waals surface area contributed by atoms with E-state index in [1.54, 1.807) is 0 Å². The van der Waals surface area contributed by atoms with E-state index in [-0.39, 0.29) is 5.56 Å². The van der Waals surface area contributed by atoms with Gasteiger partial charge in [0.1, 0.15) is 5.72 Å². The van der Waals surface area contributed by atoms with Crippen molar-refractivity contribution in [3.8, 4) is 0 Å². The largest absolute Gasteiger partial charge is 0.372 e. The van der Waals surface area contributed by atoms with Gasteiger partial charge >= 0.3 is 0 Å². The number of hydrogen-bond donors (Lipinski definition) is 2. The van der Waals surface area contributed by atoms with Crippen molar-refractivity contribution >= 4 is 0 Å². The molecule has 0 aromatic heterocycles. The van der Waals surface area contributed by atoms with E-state index < -0.39 is 17.4 Å². The Kier molecular flexibility index (Phi) is 2.12. The summed E-state index contributed by atoms with van der Waals surface area (Å²) in [6, 6.07) is 3.48.